The molecule has 1 amide bonds. The number of carbonyl (C=O) groups excluding carboxylic acids is 1. The highest BCUT2D eigenvalue weighted by Crippen LogP contribution is 2.58. The monoisotopic (exact) mass is 251 g/mol. The standard InChI is InChI=1S/C12H17N3O3/c1-12(2)8(9(12)11(17)18)10(16)13-6-7-4-5-15(3)14-7/h4-5,8-9H,6H2,1-3H3,(H,13,16)(H,17,18). The van der Waals surface area contributed by atoms with Gasteiger partial charge in [0.2, 0.25) is 5.91 Å². The molecule has 2 atom stereocenters. The zero-order valence-corrected chi connectivity index (χ0v) is 10.7. The van der Waals surface area contributed by atoms with Gasteiger partial charge in [-0.2, -0.15) is 5.10 Å². The maximum absolute atomic E-state index is 11.9. The van der Waals surface area contributed by atoms with E-state index >= 15 is 0 Å². The predicted molar refractivity (Wildman–Crippen MR) is 63.5 cm³/mol. The summed E-state index contributed by atoms with van der Waals surface area (Å²) in [6, 6.07) is 1.81. The number of aliphatic carboxylic acids is 1. The van der Waals surface area contributed by atoms with E-state index in [1.807, 2.05) is 6.07 Å². The van der Waals surface area contributed by atoms with Crippen molar-refractivity contribution in [2.24, 2.45) is 24.3 Å². The summed E-state index contributed by atoms with van der Waals surface area (Å²) in [5.74, 6) is -2.14. The normalized spacial score (nSPS) is 24.6. The van der Waals surface area contributed by atoms with Gasteiger partial charge in [0.15, 0.2) is 0 Å². The lowest BCUT2D eigenvalue weighted by molar-refractivity contribution is -0.140. The summed E-state index contributed by atoms with van der Waals surface area (Å²) in [5.41, 5.74) is 0.302. The van der Waals surface area contributed by atoms with Crippen LogP contribution in [0.25, 0.3) is 0 Å². The summed E-state index contributed by atoms with van der Waals surface area (Å²) in [6.07, 6.45) is 1.79. The Balaban J connectivity index is 1.92. The topological polar surface area (TPSA) is 84.2 Å². The third-order valence-electron chi connectivity index (χ3n) is 3.59. The second kappa shape index (κ2) is 4.12. The number of amides is 1. The van der Waals surface area contributed by atoms with Gasteiger partial charge in [0.25, 0.3) is 0 Å². The van der Waals surface area contributed by atoms with Crippen molar-refractivity contribution >= 4 is 11.9 Å². The summed E-state index contributed by atoms with van der Waals surface area (Å²) in [6.45, 7) is 3.94. The number of hydrogen-bond acceptors (Lipinski definition) is 3. The molecule has 2 rings (SSSR count). The lowest BCUT2D eigenvalue weighted by Crippen LogP contribution is -2.27. The van der Waals surface area contributed by atoms with Crippen LogP contribution in [0.4, 0.5) is 0 Å². The predicted octanol–water partition coefficient (Wildman–Crippen LogP) is 0.393. The summed E-state index contributed by atoms with van der Waals surface area (Å²) in [7, 11) is 1.80. The van der Waals surface area contributed by atoms with Gasteiger partial charge in [-0.15, -0.1) is 0 Å². The van der Waals surface area contributed by atoms with Crippen LogP contribution in [-0.2, 0) is 23.2 Å². The summed E-state index contributed by atoms with van der Waals surface area (Å²) < 4.78 is 1.66. The summed E-state index contributed by atoms with van der Waals surface area (Å²) in [4.78, 5) is 22.9. The molecule has 1 aromatic rings. The van der Waals surface area contributed by atoms with Gasteiger partial charge in [-0.25, -0.2) is 0 Å². The van der Waals surface area contributed by atoms with Gasteiger partial charge in [-0.1, -0.05) is 13.8 Å². The van der Waals surface area contributed by atoms with Crippen molar-refractivity contribution in [3.05, 3.63) is 18.0 Å². The molecule has 0 saturated heterocycles. The van der Waals surface area contributed by atoms with Crippen LogP contribution >= 0.6 is 0 Å². The van der Waals surface area contributed by atoms with Gasteiger partial charge in [-0.05, 0) is 11.5 Å². The van der Waals surface area contributed by atoms with E-state index in [-0.39, 0.29) is 5.91 Å². The molecule has 0 radical (unpaired) electrons. The Morgan fingerprint density at radius 3 is 2.61 bits per heavy atom. The highest BCUT2D eigenvalue weighted by molar-refractivity contribution is 5.91. The van der Waals surface area contributed by atoms with E-state index in [0.29, 0.717) is 6.54 Å². The first kappa shape index (κ1) is 12.6. The first-order valence-corrected chi connectivity index (χ1v) is 5.83. The van der Waals surface area contributed by atoms with E-state index in [2.05, 4.69) is 10.4 Å². The van der Waals surface area contributed by atoms with Gasteiger partial charge in [-0.3, -0.25) is 14.3 Å². The number of carboxylic acid groups (broad SMARTS) is 1. The molecule has 6 heteroatoms. The Morgan fingerprint density at radius 1 is 1.50 bits per heavy atom. The molecule has 2 N–H and O–H groups in total. The average Bonchev–Trinajstić information content (AvgIpc) is 2.63. The van der Waals surface area contributed by atoms with Crippen molar-refractivity contribution in [2.45, 2.75) is 20.4 Å². The highest BCUT2D eigenvalue weighted by Gasteiger charge is 2.65. The molecule has 1 aromatic heterocycles. The molecule has 1 fully saturated rings. The fourth-order valence-electron chi connectivity index (χ4n) is 2.43. The molecule has 1 saturated carbocycles. The van der Waals surface area contributed by atoms with Gasteiger partial charge in [0.05, 0.1) is 24.1 Å². The zero-order valence-electron chi connectivity index (χ0n) is 10.7. The molecular weight excluding hydrogens is 234 g/mol. The van der Waals surface area contributed by atoms with E-state index in [1.54, 1.807) is 31.8 Å². The first-order chi connectivity index (χ1) is 8.34. The quantitative estimate of drug-likeness (QED) is 0.811. The molecule has 2 unspecified atom stereocenters. The lowest BCUT2D eigenvalue weighted by atomic mass is 10.1. The minimum absolute atomic E-state index is 0.210. The molecule has 0 aromatic carbocycles. The van der Waals surface area contributed by atoms with Crippen LogP contribution in [0.15, 0.2) is 12.3 Å². The highest BCUT2D eigenvalue weighted by atomic mass is 16.4. The maximum Gasteiger partial charge on any atom is 0.307 e. The fraction of sp³-hybridized carbons (Fsp3) is 0.583. The van der Waals surface area contributed by atoms with Crippen LogP contribution < -0.4 is 5.32 Å². The minimum Gasteiger partial charge on any atom is -0.481 e. The molecule has 0 spiro atoms. The van der Waals surface area contributed by atoms with E-state index in [4.69, 9.17) is 5.11 Å². The van der Waals surface area contributed by atoms with Crippen molar-refractivity contribution in [2.75, 3.05) is 0 Å². The van der Waals surface area contributed by atoms with Gasteiger partial charge < -0.3 is 10.4 Å². The lowest BCUT2D eigenvalue weighted by Gasteiger charge is -2.04. The Bertz CT molecular complexity index is 493. The second-order valence-corrected chi connectivity index (χ2v) is 5.31. The van der Waals surface area contributed by atoms with E-state index in [0.717, 1.165) is 5.69 Å². The molecule has 98 valence electrons. The van der Waals surface area contributed by atoms with E-state index in [9.17, 15) is 9.59 Å². The zero-order chi connectivity index (χ0) is 13.5. The van der Waals surface area contributed by atoms with Crippen LogP contribution in [0.3, 0.4) is 0 Å². The first-order valence-electron chi connectivity index (χ1n) is 5.83. The van der Waals surface area contributed by atoms with Crippen LogP contribution in [-0.4, -0.2) is 26.8 Å². The number of hydrogen-bond donors (Lipinski definition) is 2. The minimum atomic E-state index is -0.905. The van der Waals surface area contributed by atoms with Gasteiger partial charge in [0.1, 0.15) is 0 Å². The molecule has 1 heterocycles. The Labute approximate surface area is 105 Å². The van der Waals surface area contributed by atoms with Crippen LogP contribution in [0.5, 0.6) is 0 Å². The van der Waals surface area contributed by atoms with Crippen molar-refractivity contribution in [3.63, 3.8) is 0 Å². The van der Waals surface area contributed by atoms with Crippen LogP contribution in [0, 0.1) is 17.3 Å². The molecule has 1 aliphatic rings. The van der Waals surface area contributed by atoms with E-state index in [1.165, 1.54) is 0 Å². The SMILES string of the molecule is Cn1ccc(CNC(=O)C2C(C(=O)O)C2(C)C)n1. The largest absolute Gasteiger partial charge is 0.481 e. The number of rotatable bonds is 4. The summed E-state index contributed by atoms with van der Waals surface area (Å²) >= 11 is 0. The smallest absolute Gasteiger partial charge is 0.307 e. The number of nitrogens with one attached hydrogen (secondary N) is 1. The van der Waals surface area contributed by atoms with Crippen LogP contribution in [0.1, 0.15) is 19.5 Å². The van der Waals surface area contributed by atoms with Gasteiger partial charge in [0, 0.05) is 13.2 Å². The number of carboxylic acids is 1. The number of nitrogens with zero attached hydrogens (tertiary/aromatic N) is 2. The van der Waals surface area contributed by atoms with Crippen molar-refractivity contribution in [3.8, 4) is 0 Å². The maximum atomic E-state index is 11.9. The number of carbonyl (C=O) groups is 2. The Morgan fingerprint density at radius 2 is 2.17 bits per heavy atom. The van der Waals surface area contributed by atoms with Crippen molar-refractivity contribution in [1.82, 2.24) is 15.1 Å². The van der Waals surface area contributed by atoms with Crippen molar-refractivity contribution < 1.29 is 14.7 Å². The molecule has 1 aliphatic carbocycles. The third kappa shape index (κ3) is 2.10. The summed E-state index contributed by atoms with van der Waals surface area (Å²) in [5, 5.41) is 15.9. The molecule has 18 heavy (non-hydrogen) atoms. The molecule has 0 bridgehead atoms. The average molecular weight is 251 g/mol. The Kier molecular flexibility index (Phi) is 2.88. The van der Waals surface area contributed by atoms with Gasteiger partial charge >= 0.3 is 5.97 Å². The van der Waals surface area contributed by atoms with E-state index < -0.39 is 23.2 Å². The number of aromatic nitrogens is 2. The molecule has 6 nitrogen and oxygen atoms in total. The second-order valence-electron chi connectivity index (χ2n) is 5.31. The van der Waals surface area contributed by atoms with Crippen LogP contribution in [0.2, 0.25) is 0 Å². The molecular formula is C12H17N3O3. The number of aryl methyl sites for hydroxylation is 1. The fourth-order valence-corrected chi connectivity index (χ4v) is 2.43. The molecule has 0 aliphatic heterocycles. The third-order valence-corrected chi connectivity index (χ3v) is 3.59. The Hall–Kier alpha value is -1.85. The van der Waals surface area contributed by atoms with Crippen molar-refractivity contribution in [1.29, 1.82) is 0 Å².